The van der Waals surface area contributed by atoms with Crippen molar-refractivity contribution < 1.29 is 9.90 Å². The van der Waals surface area contributed by atoms with Gasteiger partial charge in [0.25, 0.3) is 5.91 Å². The van der Waals surface area contributed by atoms with Crippen molar-refractivity contribution in [1.82, 2.24) is 9.78 Å². The standard InChI is InChI=1S/C24H27ClN2O2/c1-23(2,3)18-13-16(14-19(21(18)28)24(4,5)6)20-11-12-27(26-20)22(29)15-7-9-17(25)10-8-15/h7-14,28H,1-6H3. The molecule has 0 unspecified atom stereocenters. The van der Waals surface area contributed by atoms with Gasteiger partial charge in [-0.15, -0.1) is 0 Å². The minimum absolute atomic E-state index is 0.223. The summed E-state index contributed by atoms with van der Waals surface area (Å²) < 4.78 is 1.33. The van der Waals surface area contributed by atoms with Crippen LogP contribution in [0.15, 0.2) is 48.7 Å². The minimum atomic E-state index is -0.234. The zero-order chi connectivity index (χ0) is 21.6. The van der Waals surface area contributed by atoms with Gasteiger partial charge in [0.05, 0.1) is 5.69 Å². The van der Waals surface area contributed by atoms with Gasteiger partial charge in [-0.25, -0.2) is 4.68 Å². The highest BCUT2D eigenvalue weighted by Crippen LogP contribution is 2.41. The summed E-state index contributed by atoms with van der Waals surface area (Å²) in [6.45, 7) is 12.4. The smallest absolute Gasteiger partial charge is 0.278 e. The monoisotopic (exact) mass is 410 g/mol. The van der Waals surface area contributed by atoms with Gasteiger partial charge in [-0.2, -0.15) is 5.10 Å². The number of aromatic nitrogens is 2. The highest BCUT2D eigenvalue weighted by atomic mass is 35.5. The summed E-state index contributed by atoms with van der Waals surface area (Å²) in [5.74, 6) is 0.101. The van der Waals surface area contributed by atoms with E-state index in [1.807, 2.05) is 18.2 Å². The van der Waals surface area contributed by atoms with Crippen LogP contribution in [0.3, 0.4) is 0 Å². The van der Waals surface area contributed by atoms with Gasteiger partial charge < -0.3 is 5.11 Å². The Kier molecular flexibility index (Phi) is 5.35. The molecule has 4 nitrogen and oxygen atoms in total. The van der Waals surface area contributed by atoms with Crippen molar-refractivity contribution >= 4 is 17.5 Å². The SMILES string of the molecule is CC(C)(C)c1cc(-c2ccn(C(=O)c3ccc(Cl)cc3)n2)cc(C(C)(C)C)c1O. The number of nitrogens with zero attached hydrogens (tertiary/aromatic N) is 2. The van der Waals surface area contributed by atoms with Crippen LogP contribution in [0.2, 0.25) is 5.02 Å². The molecule has 0 aliphatic carbocycles. The quantitative estimate of drug-likeness (QED) is 0.547. The molecule has 0 saturated carbocycles. The van der Waals surface area contributed by atoms with Crippen LogP contribution in [0.1, 0.15) is 63.0 Å². The van der Waals surface area contributed by atoms with Crippen molar-refractivity contribution in [1.29, 1.82) is 0 Å². The topological polar surface area (TPSA) is 55.1 Å². The van der Waals surface area contributed by atoms with Crippen molar-refractivity contribution in [3.8, 4) is 17.0 Å². The first-order valence-corrected chi connectivity index (χ1v) is 10.00. The number of benzene rings is 2. The van der Waals surface area contributed by atoms with E-state index in [0.717, 1.165) is 16.7 Å². The van der Waals surface area contributed by atoms with Crippen LogP contribution in [0.25, 0.3) is 11.3 Å². The zero-order valence-corrected chi connectivity index (χ0v) is 18.5. The Hall–Kier alpha value is -2.59. The fourth-order valence-electron chi connectivity index (χ4n) is 3.24. The van der Waals surface area contributed by atoms with Crippen molar-refractivity contribution in [2.45, 2.75) is 52.4 Å². The van der Waals surface area contributed by atoms with Crippen molar-refractivity contribution in [2.75, 3.05) is 0 Å². The maximum atomic E-state index is 12.7. The number of phenols is 1. The second kappa shape index (κ2) is 7.34. The van der Waals surface area contributed by atoms with Crippen molar-refractivity contribution in [3.05, 3.63) is 70.4 Å². The van der Waals surface area contributed by atoms with Gasteiger partial charge in [-0.05, 0) is 53.3 Å². The predicted octanol–water partition coefficient (Wildman–Crippen LogP) is 6.19. The number of aromatic hydroxyl groups is 1. The molecule has 0 atom stereocenters. The summed E-state index contributed by atoms with van der Waals surface area (Å²) >= 11 is 5.91. The van der Waals surface area contributed by atoms with E-state index in [1.165, 1.54) is 4.68 Å². The van der Waals surface area contributed by atoms with Crippen molar-refractivity contribution in [2.24, 2.45) is 0 Å². The molecule has 1 heterocycles. The molecule has 5 heteroatoms. The number of carbonyl (C=O) groups is 1. The lowest BCUT2D eigenvalue weighted by molar-refractivity contribution is 0.0945. The first kappa shape index (κ1) is 21.1. The second-order valence-corrected chi connectivity index (χ2v) is 9.81. The van der Waals surface area contributed by atoms with E-state index >= 15 is 0 Å². The molecule has 1 N–H and O–H groups in total. The van der Waals surface area contributed by atoms with Gasteiger partial charge in [0.1, 0.15) is 5.75 Å². The third kappa shape index (κ3) is 4.38. The highest BCUT2D eigenvalue weighted by Gasteiger charge is 2.27. The lowest BCUT2D eigenvalue weighted by atomic mass is 9.78. The maximum Gasteiger partial charge on any atom is 0.278 e. The first-order chi connectivity index (χ1) is 13.4. The third-order valence-electron chi connectivity index (χ3n) is 4.91. The van der Waals surface area contributed by atoms with E-state index in [-0.39, 0.29) is 16.7 Å². The lowest BCUT2D eigenvalue weighted by Crippen LogP contribution is -2.17. The molecule has 0 amide bonds. The van der Waals surface area contributed by atoms with Crippen LogP contribution >= 0.6 is 11.6 Å². The molecule has 0 saturated heterocycles. The number of rotatable bonds is 2. The van der Waals surface area contributed by atoms with Crippen LogP contribution < -0.4 is 0 Å². The van der Waals surface area contributed by atoms with E-state index in [1.54, 1.807) is 30.5 Å². The number of carbonyl (C=O) groups excluding carboxylic acids is 1. The molecule has 2 aromatic carbocycles. The molecule has 152 valence electrons. The molecule has 0 aliphatic rings. The van der Waals surface area contributed by atoms with E-state index in [9.17, 15) is 9.90 Å². The fraction of sp³-hybridized carbons (Fsp3) is 0.333. The molecule has 29 heavy (non-hydrogen) atoms. The lowest BCUT2D eigenvalue weighted by Gasteiger charge is -2.28. The molecule has 0 radical (unpaired) electrons. The first-order valence-electron chi connectivity index (χ1n) is 9.62. The van der Waals surface area contributed by atoms with Gasteiger partial charge in [0.15, 0.2) is 0 Å². The average molecular weight is 411 g/mol. The predicted molar refractivity (Wildman–Crippen MR) is 118 cm³/mol. The summed E-state index contributed by atoms with van der Waals surface area (Å²) in [7, 11) is 0. The Bertz CT molecular complexity index is 1020. The van der Waals surface area contributed by atoms with Gasteiger partial charge in [0.2, 0.25) is 0 Å². The van der Waals surface area contributed by atoms with Crippen LogP contribution in [0, 0.1) is 0 Å². The fourth-order valence-corrected chi connectivity index (χ4v) is 3.37. The molecular weight excluding hydrogens is 384 g/mol. The number of halogens is 1. The van der Waals surface area contributed by atoms with Crippen LogP contribution in [0.4, 0.5) is 0 Å². The Morgan fingerprint density at radius 3 is 1.93 bits per heavy atom. The molecule has 3 aromatic rings. The third-order valence-corrected chi connectivity index (χ3v) is 5.16. The molecular formula is C24H27ClN2O2. The molecule has 0 bridgehead atoms. The van der Waals surface area contributed by atoms with E-state index in [0.29, 0.717) is 22.0 Å². The normalized spacial score (nSPS) is 12.2. The van der Waals surface area contributed by atoms with E-state index in [4.69, 9.17) is 11.6 Å². The summed E-state index contributed by atoms with van der Waals surface area (Å²) in [5, 5.41) is 16.0. The second-order valence-electron chi connectivity index (χ2n) is 9.38. The molecule has 0 aliphatic heterocycles. The van der Waals surface area contributed by atoms with Gasteiger partial charge in [0, 0.05) is 33.5 Å². The Morgan fingerprint density at radius 2 is 1.45 bits per heavy atom. The highest BCUT2D eigenvalue weighted by molar-refractivity contribution is 6.30. The molecule has 3 rings (SSSR count). The number of hydrogen-bond acceptors (Lipinski definition) is 3. The van der Waals surface area contributed by atoms with Crippen LogP contribution in [-0.4, -0.2) is 20.8 Å². The average Bonchev–Trinajstić information content (AvgIpc) is 3.10. The van der Waals surface area contributed by atoms with E-state index < -0.39 is 0 Å². The van der Waals surface area contributed by atoms with Gasteiger partial charge in [-0.1, -0.05) is 53.1 Å². The molecule has 0 spiro atoms. The van der Waals surface area contributed by atoms with Crippen LogP contribution in [-0.2, 0) is 10.8 Å². The summed E-state index contributed by atoms with van der Waals surface area (Å²) in [6.07, 6.45) is 1.66. The van der Waals surface area contributed by atoms with Crippen LogP contribution in [0.5, 0.6) is 5.75 Å². The summed E-state index contributed by atoms with van der Waals surface area (Å²) in [5.41, 5.74) is 3.32. The Morgan fingerprint density at radius 1 is 0.931 bits per heavy atom. The molecule has 0 fully saturated rings. The number of phenolic OH excluding ortho intramolecular Hbond substituents is 1. The summed E-state index contributed by atoms with van der Waals surface area (Å²) in [4.78, 5) is 12.7. The molecule has 1 aromatic heterocycles. The Labute approximate surface area is 177 Å². The maximum absolute atomic E-state index is 12.7. The van der Waals surface area contributed by atoms with Crippen molar-refractivity contribution in [3.63, 3.8) is 0 Å². The van der Waals surface area contributed by atoms with E-state index in [2.05, 4.69) is 46.6 Å². The minimum Gasteiger partial charge on any atom is -0.507 e. The Balaban J connectivity index is 2.08. The summed E-state index contributed by atoms with van der Waals surface area (Å²) in [6, 6.07) is 12.5. The largest absolute Gasteiger partial charge is 0.507 e. The number of hydrogen-bond donors (Lipinski definition) is 1. The van der Waals surface area contributed by atoms with Gasteiger partial charge in [-0.3, -0.25) is 4.79 Å². The van der Waals surface area contributed by atoms with Gasteiger partial charge >= 0.3 is 0 Å². The zero-order valence-electron chi connectivity index (χ0n) is 17.7.